The summed E-state index contributed by atoms with van der Waals surface area (Å²) >= 11 is 0. The molecule has 0 aliphatic carbocycles. The highest BCUT2D eigenvalue weighted by atomic mass is 16.5. The Labute approximate surface area is 99.5 Å². The highest BCUT2D eigenvalue weighted by Crippen LogP contribution is 2.18. The fourth-order valence-electron chi connectivity index (χ4n) is 1.64. The van der Waals surface area contributed by atoms with Gasteiger partial charge in [0.05, 0.1) is 12.5 Å². The van der Waals surface area contributed by atoms with Gasteiger partial charge >= 0.3 is 0 Å². The van der Waals surface area contributed by atoms with Crippen LogP contribution in [0.1, 0.15) is 23.9 Å². The van der Waals surface area contributed by atoms with Gasteiger partial charge in [0.15, 0.2) is 0 Å². The minimum Gasteiger partial charge on any atom is -0.393 e. The van der Waals surface area contributed by atoms with Crippen LogP contribution in [0.15, 0.2) is 16.8 Å². The normalized spacial score (nSPS) is 12.7. The molecule has 17 heavy (non-hydrogen) atoms. The van der Waals surface area contributed by atoms with E-state index in [0.29, 0.717) is 18.1 Å². The Morgan fingerprint density at radius 2 is 2.18 bits per heavy atom. The van der Waals surface area contributed by atoms with E-state index in [1.54, 1.807) is 13.1 Å². The number of pyridine rings is 1. The van der Waals surface area contributed by atoms with Crippen LogP contribution in [0.2, 0.25) is 0 Å². The molecule has 90 valence electrons. The molecule has 0 fully saturated rings. The van der Waals surface area contributed by atoms with Crippen molar-refractivity contribution in [1.29, 1.82) is 0 Å². The van der Waals surface area contributed by atoms with Crippen LogP contribution in [0.3, 0.4) is 0 Å². The van der Waals surface area contributed by atoms with E-state index in [4.69, 9.17) is 4.52 Å². The van der Waals surface area contributed by atoms with Gasteiger partial charge in [0.1, 0.15) is 5.69 Å². The summed E-state index contributed by atoms with van der Waals surface area (Å²) < 4.78 is 5.05. The predicted molar refractivity (Wildman–Crippen MR) is 62.4 cm³/mol. The van der Waals surface area contributed by atoms with Crippen LogP contribution in [0, 0.1) is 13.8 Å². The minimum absolute atomic E-state index is 0.359. The van der Waals surface area contributed by atoms with Gasteiger partial charge in [0, 0.05) is 6.20 Å². The lowest BCUT2D eigenvalue weighted by atomic mass is 10.1. The predicted octanol–water partition coefficient (Wildman–Crippen LogP) is 1.67. The number of aliphatic hydroxyl groups excluding tert-OH is 1. The van der Waals surface area contributed by atoms with Crippen molar-refractivity contribution in [3.63, 3.8) is 0 Å². The zero-order valence-electron chi connectivity index (χ0n) is 10.1. The molecule has 5 nitrogen and oxygen atoms in total. The molecule has 1 N–H and O–H groups in total. The highest BCUT2D eigenvalue weighted by Gasteiger charge is 2.13. The average Bonchev–Trinajstić information content (AvgIpc) is 2.65. The van der Waals surface area contributed by atoms with Crippen molar-refractivity contribution >= 4 is 0 Å². The molecule has 2 aromatic heterocycles. The smallest absolute Gasteiger partial charge is 0.229 e. The molecule has 0 saturated heterocycles. The van der Waals surface area contributed by atoms with Crippen LogP contribution in [0.4, 0.5) is 0 Å². The van der Waals surface area contributed by atoms with Crippen molar-refractivity contribution in [2.24, 2.45) is 0 Å². The first-order valence-corrected chi connectivity index (χ1v) is 5.50. The standard InChI is InChI=1S/C12H15N3O2/c1-7-4-8(2)11(13-6-7)12-14-10(17-15-12)5-9(3)16/h4,6,9,16H,5H2,1-3H3. The van der Waals surface area contributed by atoms with Crippen molar-refractivity contribution in [1.82, 2.24) is 15.1 Å². The maximum Gasteiger partial charge on any atom is 0.229 e. The maximum atomic E-state index is 9.23. The van der Waals surface area contributed by atoms with E-state index < -0.39 is 6.10 Å². The van der Waals surface area contributed by atoms with Gasteiger partial charge in [-0.25, -0.2) is 0 Å². The maximum absolute atomic E-state index is 9.23. The lowest BCUT2D eigenvalue weighted by molar-refractivity contribution is 0.181. The number of rotatable bonds is 3. The second-order valence-corrected chi connectivity index (χ2v) is 4.24. The molecule has 0 amide bonds. The number of aliphatic hydroxyl groups is 1. The van der Waals surface area contributed by atoms with Gasteiger partial charge in [-0.1, -0.05) is 11.2 Å². The number of hydrogen-bond donors (Lipinski definition) is 1. The summed E-state index contributed by atoms with van der Waals surface area (Å²) in [5.74, 6) is 0.898. The summed E-state index contributed by atoms with van der Waals surface area (Å²) in [6, 6.07) is 2.02. The lowest BCUT2D eigenvalue weighted by Gasteiger charge is -2.00. The van der Waals surface area contributed by atoms with Crippen LogP contribution in [-0.4, -0.2) is 26.3 Å². The number of nitrogens with zero attached hydrogens (tertiary/aromatic N) is 3. The van der Waals surface area contributed by atoms with E-state index in [2.05, 4.69) is 15.1 Å². The Bertz CT molecular complexity index is 520. The summed E-state index contributed by atoms with van der Waals surface area (Å²) in [5.41, 5.74) is 2.82. The summed E-state index contributed by atoms with van der Waals surface area (Å²) in [5, 5.41) is 13.1. The van der Waals surface area contributed by atoms with Crippen LogP contribution < -0.4 is 0 Å². The molecule has 2 heterocycles. The molecular weight excluding hydrogens is 218 g/mol. The lowest BCUT2D eigenvalue weighted by Crippen LogP contribution is -2.04. The van der Waals surface area contributed by atoms with Gasteiger partial charge in [0.2, 0.25) is 11.7 Å². The largest absolute Gasteiger partial charge is 0.393 e. The zero-order valence-corrected chi connectivity index (χ0v) is 10.1. The molecule has 1 atom stereocenters. The Kier molecular flexibility index (Phi) is 3.19. The van der Waals surface area contributed by atoms with Crippen molar-refractivity contribution in [2.75, 3.05) is 0 Å². The molecule has 0 spiro atoms. The monoisotopic (exact) mass is 233 g/mol. The highest BCUT2D eigenvalue weighted by molar-refractivity contribution is 5.53. The molecule has 0 aliphatic heterocycles. The minimum atomic E-state index is -0.490. The second kappa shape index (κ2) is 4.63. The summed E-state index contributed by atoms with van der Waals surface area (Å²) in [4.78, 5) is 8.50. The van der Waals surface area contributed by atoms with Crippen molar-refractivity contribution in [3.8, 4) is 11.5 Å². The van der Waals surface area contributed by atoms with Gasteiger partial charge in [-0.05, 0) is 31.9 Å². The van der Waals surface area contributed by atoms with Crippen molar-refractivity contribution in [3.05, 3.63) is 29.3 Å². The number of hydrogen-bond acceptors (Lipinski definition) is 5. The van der Waals surface area contributed by atoms with Crippen LogP contribution >= 0.6 is 0 Å². The second-order valence-electron chi connectivity index (χ2n) is 4.24. The van der Waals surface area contributed by atoms with E-state index in [1.807, 2.05) is 19.9 Å². The summed E-state index contributed by atoms with van der Waals surface area (Å²) in [6.45, 7) is 5.62. The van der Waals surface area contributed by atoms with Crippen molar-refractivity contribution < 1.29 is 9.63 Å². The fraction of sp³-hybridized carbons (Fsp3) is 0.417. The quantitative estimate of drug-likeness (QED) is 0.873. The Balaban J connectivity index is 2.30. The van der Waals surface area contributed by atoms with E-state index in [0.717, 1.165) is 16.8 Å². The van der Waals surface area contributed by atoms with Gasteiger partial charge in [-0.15, -0.1) is 0 Å². The fourth-order valence-corrected chi connectivity index (χ4v) is 1.64. The van der Waals surface area contributed by atoms with E-state index in [9.17, 15) is 5.11 Å². The first kappa shape index (κ1) is 11.7. The van der Waals surface area contributed by atoms with Gasteiger partial charge in [0.25, 0.3) is 0 Å². The Hall–Kier alpha value is -1.75. The summed E-state index contributed by atoms with van der Waals surface area (Å²) in [7, 11) is 0. The number of aryl methyl sites for hydroxylation is 2. The zero-order chi connectivity index (χ0) is 12.4. The van der Waals surface area contributed by atoms with Crippen molar-refractivity contribution in [2.45, 2.75) is 33.3 Å². The molecular formula is C12H15N3O2. The SMILES string of the molecule is Cc1cnc(-c2noc(CC(C)O)n2)c(C)c1. The van der Waals surface area contributed by atoms with E-state index in [1.165, 1.54) is 0 Å². The van der Waals surface area contributed by atoms with Gasteiger partial charge in [-0.3, -0.25) is 4.98 Å². The van der Waals surface area contributed by atoms with Gasteiger partial charge in [-0.2, -0.15) is 4.98 Å². The third kappa shape index (κ3) is 2.68. The Morgan fingerprint density at radius 1 is 1.41 bits per heavy atom. The molecule has 2 aromatic rings. The number of aromatic nitrogens is 3. The molecule has 5 heteroatoms. The first-order chi connectivity index (χ1) is 8.06. The van der Waals surface area contributed by atoms with Crippen LogP contribution in [-0.2, 0) is 6.42 Å². The molecule has 0 radical (unpaired) electrons. The molecule has 2 rings (SSSR count). The third-order valence-electron chi connectivity index (χ3n) is 2.36. The molecule has 0 aliphatic rings. The molecule has 0 aromatic carbocycles. The Morgan fingerprint density at radius 3 is 2.82 bits per heavy atom. The molecule has 1 unspecified atom stereocenters. The first-order valence-electron chi connectivity index (χ1n) is 5.50. The summed E-state index contributed by atoms with van der Waals surface area (Å²) in [6.07, 6.45) is 1.64. The van der Waals surface area contributed by atoms with E-state index in [-0.39, 0.29) is 0 Å². The van der Waals surface area contributed by atoms with E-state index >= 15 is 0 Å². The van der Waals surface area contributed by atoms with Crippen LogP contribution in [0.5, 0.6) is 0 Å². The molecule has 0 bridgehead atoms. The van der Waals surface area contributed by atoms with Crippen LogP contribution in [0.25, 0.3) is 11.5 Å². The topological polar surface area (TPSA) is 72.0 Å². The molecule has 0 saturated carbocycles. The third-order valence-corrected chi connectivity index (χ3v) is 2.36. The average molecular weight is 233 g/mol. The van der Waals surface area contributed by atoms with Gasteiger partial charge < -0.3 is 9.63 Å².